The number of thioether (sulfide) groups is 1. The van der Waals surface area contributed by atoms with E-state index in [1.54, 1.807) is 11.8 Å². The average Bonchev–Trinajstić information content (AvgIpc) is 3.43. The third kappa shape index (κ3) is 4.62. The number of imidazole rings is 1. The molecule has 1 aliphatic carbocycles. The molecule has 5 nitrogen and oxygen atoms in total. The van der Waals surface area contributed by atoms with Gasteiger partial charge in [-0.05, 0) is 55.7 Å². The SMILES string of the molecule is Cc1cc(OCCSc2nc3ccccc3n2CC(=O)NC2CC2)ccc1Cl. The number of fused-ring (bicyclic) bond motifs is 1. The molecule has 0 atom stereocenters. The average molecular weight is 416 g/mol. The van der Waals surface area contributed by atoms with E-state index in [1.165, 1.54) is 0 Å². The third-order valence-electron chi connectivity index (χ3n) is 4.58. The van der Waals surface area contributed by atoms with Gasteiger partial charge in [0.15, 0.2) is 5.16 Å². The molecule has 28 heavy (non-hydrogen) atoms. The first-order chi connectivity index (χ1) is 13.6. The van der Waals surface area contributed by atoms with Crippen LogP contribution in [0.25, 0.3) is 11.0 Å². The summed E-state index contributed by atoms with van der Waals surface area (Å²) in [6.45, 7) is 2.79. The summed E-state index contributed by atoms with van der Waals surface area (Å²) in [5.74, 6) is 1.58. The summed E-state index contributed by atoms with van der Waals surface area (Å²) in [5.41, 5.74) is 2.87. The molecule has 1 fully saturated rings. The molecule has 0 aliphatic heterocycles. The van der Waals surface area contributed by atoms with E-state index in [0.717, 1.165) is 51.1 Å². The smallest absolute Gasteiger partial charge is 0.240 e. The maximum Gasteiger partial charge on any atom is 0.240 e. The van der Waals surface area contributed by atoms with E-state index in [9.17, 15) is 4.79 Å². The topological polar surface area (TPSA) is 56.2 Å². The highest BCUT2D eigenvalue weighted by molar-refractivity contribution is 7.99. The fraction of sp³-hybridized carbons (Fsp3) is 0.333. The Hall–Kier alpha value is -2.18. The van der Waals surface area contributed by atoms with Gasteiger partial charge in [-0.3, -0.25) is 4.79 Å². The van der Waals surface area contributed by atoms with Crippen LogP contribution in [-0.4, -0.2) is 33.9 Å². The van der Waals surface area contributed by atoms with E-state index >= 15 is 0 Å². The molecule has 146 valence electrons. The Labute approximate surface area is 173 Å². The van der Waals surface area contributed by atoms with Crippen molar-refractivity contribution in [3.8, 4) is 5.75 Å². The van der Waals surface area contributed by atoms with Crippen molar-refractivity contribution in [2.24, 2.45) is 0 Å². The highest BCUT2D eigenvalue weighted by Gasteiger charge is 2.24. The van der Waals surface area contributed by atoms with E-state index in [4.69, 9.17) is 21.3 Å². The molecule has 0 unspecified atom stereocenters. The Morgan fingerprint density at radius 3 is 2.93 bits per heavy atom. The standard InChI is InChI=1S/C21H22ClN3O2S/c1-14-12-16(8-9-17(14)22)27-10-11-28-21-24-18-4-2-3-5-19(18)25(21)13-20(26)23-15-6-7-15/h2-5,8-9,12,15H,6-7,10-11,13H2,1H3,(H,23,26). The Kier molecular flexibility index (Phi) is 5.78. The van der Waals surface area contributed by atoms with Gasteiger partial charge in [-0.2, -0.15) is 0 Å². The predicted molar refractivity (Wildman–Crippen MR) is 113 cm³/mol. The van der Waals surface area contributed by atoms with Crippen molar-refractivity contribution in [2.75, 3.05) is 12.4 Å². The number of nitrogens with zero attached hydrogens (tertiary/aromatic N) is 2. The second-order valence-electron chi connectivity index (χ2n) is 6.92. The number of carbonyl (C=O) groups is 1. The largest absolute Gasteiger partial charge is 0.493 e. The van der Waals surface area contributed by atoms with Crippen LogP contribution in [0.3, 0.4) is 0 Å². The van der Waals surface area contributed by atoms with Gasteiger partial charge in [0.05, 0.1) is 17.6 Å². The van der Waals surface area contributed by atoms with E-state index in [2.05, 4.69) is 5.32 Å². The summed E-state index contributed by atoms with van der Waals surface area (Å²) in [5, 5.41) is 4.62. The maximum atomic E-state index is 12.3. The molecule has 3 aromatic rings. The highest BCUT2D eigenvalue weighted by Crippen LogP contribution is 2.25. The van der Waals surface area contributed by atoms with Crippen molar-refractivity contribution in [1.29, 1.82) is 0 Å². The van der Waals surface area contributed by atoms with Crippen LogP contribution in [0, 0.1) is 6.92 Å². The lowest BCUT2D eigenvalue weighted by Gasteiger charge is -2.10. The first kappa shape index (κ1) is 19.2. The minimum Gasteiger partial charge on any atom is -0.493 e. The first-order valence-corrected chi connectivity index (χ1v) is 10.7. The Morgan fingerprint density at radius 2 is 2.14 bits per heavy atom. The lowest BCUT2D eigenvalue weighted by Crippen LogP contribution is -2.29. The van der Waals surface area contributed by atoms with Gasteiger partial charge >= 0.3 is 0 Å². The molecule has 4 rings (SSSR count). The molecule has 1 heterocycles. The number of halogens is 1. The van der Waals surface area contributed by atoms with Gasteiger partial charge in [0.1, 0.15) is 12.3 Å². The Bertz CT molecular complexity index is 1000. The molecule has 1 saturated carbocycles. The van der Waals surface area contributed by atoms with Crippen LogP contribution in [0.5, 0.6) is 5.75 Å². The number of amides is 1. The molecule has 1 amide bonds. The quantitative estimate of drug-likeness (QED) is 0.436. The second kappa shape index (κ2) is 8.45. The number of benzene rings is 2. The van der Waals surface area contributed by atoms with Crippen LogP contribution in [0.15, 0.2) is 47.6 Å². The number of ether oxygens (including phenoxy) is 1. The molecule has 1 N–H and O–H groups in total. The summed E-state index contributed by atoms with van der Waals surface area (Å²) < 4.78 is 7.81. The molecule has 1 aliphatic rings. The number of aromatic nitrogens is 2. The number of nitrogens with one attached hydrogen (secondary N) is 1. The van der Waals surface area contributed by atoms with Crippen molar-refractivity contribution < 1.29 is 9.53 Å². The Balaban J connectivity index is 1.41. The fourth-order valence-electron chi connectivity index (χ4n) is 2.96. The normalized spacial score (nSPS) is 13.6. The van der Waals surface area contributed by atoms with Crippen LogP contribution >= 0.6 is 23.4 Å². The van der Waals surface area contributed by atoms with Crippen molar-refractivity contribution in [3.05, 3.63) is 53.1 Å². The van der Waals surface area contributed by atoms with Gasteiger partial charge in [0.25, 0.3) is 0 Å². The zero-order valence-corrected chi connectivity index (χ0v) is 17.2. The lowest BCUT2D eigenvalue weighted by molar-refractivity contribution is -0.121. The summed E-state index contributed by atoms with van der Waals surface area (Å²) in [7, 11) is 0. The van der Waals surface area contributed by atoms with Gasteiger partial charge in [-0.15, -0.1) is 0 Å². The van der Waals surface area contributed by atoms with E-state index in [1.807, 2.05) is 54.0 Å². The van der Waals surface area contributed by atoms with Crippen molar-refractivity contribution >= 4 is 40.3 Å². The number of hydrogen-bond acceptors (Lipinski definition) is 4. The van der Waals surface area contributed by atoms with E-state index in [-0.39, 0.29) is 12.5 Å². The maximum absolute atomic E-state index is 12.3. The molecule has 0 radical (unpaired) electrons. The van der Waals surface area contributed by atoms with Crippen molar-refractivity contribution in [1.82, 2.24) is 14.9 Å². The van der Waals surface area contributed by atoms with Gasteiger partial charge in [-0.1, -0.05) is 35.5 Å². The molecular weight excluding hydrogens is 394 g/mol. The predicted octanol–water partition coefficient (Wildman–Crippen LogP) is 4.45. The molecule has 1 aromatic heterocycles. The van der Waals surface area contributed by atoms with Crippen molar-refractivity contribution in [2.45, 2.75) is 37.5 Å². The van der Waals surface area contributed by atoms with Crippen molar-refractivity contribution in [3.63, 3.8) is 0 Å². The van der Waals surface area contributed by atoms with Crippen LogP contribution in [0.2, 0.25) is 5.02 Å². The van der Waals surface area contributed by atoms with Crippen LogP contribution in [-0.2, 0) is 11.3 Å². The number of para-hydroxylation sites is 2. The summed E-state index contributed by atoms with van der Waals surface area (Å²) in [4.78, 5) is 17.0. The van der Waals surface area contributed by atoms with E-state index < -0.39 is 0 Å². The zero-order chi connectivity index (χ0) is 19.5. The van der Waals surface area contributed by atoms with Gasteiger partial charge < -0.3 is 14.6 Å². The molecule has 0 saturated heterocycles. The number of hydrogen-bond donors (Lipinski definition) is 1. The monoisotopic (exact) mass is 415 g/mol. The molecule has 0 spiro atoms. The van der Waals surface area contributed by atoms with Crippen LogP contribution in [0.1, 0.15) is 18.4 Å². The fourth-order valence-corrected chi connectivity index (χ4v) is 3.91. The molecule has 7 heteroatoms. The minimum atomic E-state index is 0.0420. The molecular formula is C21H22ClN3O2S. The first-order valence-electron chi connectivity index (χ1n) is 9.36. The van der Waals surface area contributed by atoms with Crippen LogP contribution in [0.4, 0.5) is 0 Å². The zero-order valence-electron chi connectivity index (χ0n) is 15.7. The van der Waals surface area contributed by atoms with Crippen LogP contribution < -0.4 is 10.1 Å². The minimum absolute atomic E-state index is 0.0420. The van der Waals surface area contributed by atoms with Gasteiger partial charge in [-0.25, -0.2) is 4.98 Å². The third-order valence-corrected chi connectivity index (χ3v) is 5.94. The lowest BCUT2D eigenvalue weighted by atomic mass is 10.2. The molecule has 2 aromatic carbocycles. The number of aryl methyl sites for hydroxylation is 1. The number of carbonyl (C=O) groups excluding carboxylic acids is 1. The van der Waals surface area contributed by atoms with Gasteiger partial charge in [0.2, 0.25) is 5.91 Å². The van der Waals surface area contributed by atoms with E-state index in [0.29, 0.717) is 12.6 Å². The summed E-state index contributed by atoms with van der Waals surface area (Å²) in [6.07, 6.45) is 2.17. The van der Waals surface area contributed by atoms with Gasteiger partial charge in [0, 0.05) is 16.8 Å². The second-order valence-corrected chi connectivity index (χ2v) is 8.39. The summed E-state index contributed by atoms with van der Waals surface area (Å²) >= 11 is 7.65. The highest BCUT2D eigenvalue weighted by atomic mass is 35.5. The summed E-state index contributed by atoms with van der Waals surface area (Å²) in [6, 6.07) is 13.9. The number of rotatable bonds is 8. The molecule has 0 bridgehead atoms. The Morgan fingerprint density at radius 1 is 1.32 bits per heavy atom.